The second-order valence-corrected chi connectivity index (χ2v) is 9.33. The second-order valence-electron chi connectivity index (χ2n) is 9.33. The number of nitrogens with two attached hydrogens (primary N) is 2. The zero-order valence-electron chi connectivity index (χ0n) is 23.5. The van der Waals surface area contributed by atoms with Crippen molar-refractivity contribution in [3.05, 3.63) is 36.1 Å². The van der Waals surface area contributed by atoms with Crippen molar-refractivity contribution < 1.29 is 47.3 Å². The Bertz CT molecular complexity index is 1470. The van der Waals surface area contributed by atoms with Crippen molar-refractivity contribution in [1.82, 2.24) is 10.6 Å². The standard InChI is InChI=1S/C28H34N4O10/c1-15(33)21-14-19-23(41-27(36)32-13-11-20(30)26(35)39-3)17-6-4-5-7-18(17)24(25(19)40-21)42-28(37)31-12-10-16(29)8-9-22(34)38-2/h4-7,14,16,20H,8-13,29-30H2,1-3H3,(H,31,37)(H,32,36)/t16-,20+/m1/s1. The molecule has 42 heavy (non-hydrogen) atoms. The number of furan rings is 1. The SMILES string of the molecule is COC(=O)CC[C@@H](N)CCNC(=O)Oc1c2ccccc2c(OC(=O)NCC[C@H](N)C(=O)OC)c2cc(C(C)=O)oc12. The Labute approximate surface area is 240 Å². The summed E-state index contributed by atoms with van der Waals surface area (Å²) in [7, 11) is 2.51. The Morgan fingerprint density at radius 1 is 0.833 bits per heavy atom. The number of esters is 2. The van der Waals surface area contributed by atoms with Crippen molar-refractivity contribution in [3.8, 4) is 11.5 Å². The molecule has 0 fully saturated rings. The van der Waals surface area contributed by atoms with Crippen LogP contribution in [0, 0.1) is 0 Å². The molecule has 226 valence electrons. The maximum Gasteiger partial charge on any atom is 0.412 e. The van der Waals surface area contributed by atoms with E-state index in [1.165, 1.54) is 27.2 Å². The Hall–Kier alpha value is -4.69. The summed E-state index contributed by atoms with van der Waals surface area (Å²) in [6.07, 6.45) is -0.617. The molecule has 2 atom stereocenters. The van der Waals surface area contributed by atoms with E-state index in [1.54, 1.807) is 24.3 Å². The number of hydrogen-bond donors (Lipinski definition) is 4. The molecule has 3 aromatic rings. The molecule has 3 rings (SSSR count). The third-order valence-electron chi connectivity index (χ3n) is 6.30. The number of benzene rings is 2. The average Bonchev–Trinajstić information content (AvgIpc) is 3.43. The lowest BCUT2D eigenvalue weighted by atomic mass is 10.1. The van der Waals surface area contributed by atoms with E-state index >= 15 is 0 Å². The van der Waals surface area contributed by atoms with E-state index in [4.69, 9.17) is 25.4 Å². The topological polar surface area (TPSA) is 212 Å². The fourth-order valence-electron chi connectivity index (χ4n) is 4.03. The molecule has 0 aliphatic heterocycles. The molecule has 0 aliphatic rings. The van der Waals surface area contributed by atoms with E-state index < -0.39 is 30.0 Å². The molecule has 0 spiro atoms. The van der Waals surface area contributed by atoms with E-state index in [0.29, 0.717) is 23.6 Å². The number of ketones is 1. The number of carbonyl (C=O) groups excluding carboxylic acids is 5. The van der Waals surface area contributed by atoms with Gasteiger partial charge in [-0.1, -0.05) is 24.3 Å². The van der Waals surface area contributed by atoms with Crippen molar-refractivity contribution >= 4 is 51.7 Å². The summed E-state index contributed by atoms with van der Waals surface area (Å²) < 4.78 is 26.2. The van der Waals surface area contributed by atoms with Crippen LogP contribution in [-0.4, -0.2) is 69.3 Å². The minimum Gasteiger partial charge on any atom is -0.469 e. The number of ether oxygens (including phenoxy) is 4. The van der Waals surface area contributed by atoms with Gasteiger partial charge in [-0.25, -0.2) is 9.59 Å². The smallest absolute Gasteiger partial charge is 0.412 e. The van der Waals surface area contributed by atoms with Gasteiger partial charge in [-0.15, -0.1) is 0 Å². The van der Waals surface area contributed by atoms with E-state index in [0.717, 1.165) is 0 Å². The van der Waals surface area contributed by atoms with Gasteiger partial charge in [0.05, 0.1) is 19.6 Å². The first-order valence-corrected chi connectivity index (χ1v) is 13.1. The molecule has 0 radical (unpaired) electrons. The summed E-state index contributed by atoms with van der Waals surface area (Å²) in [4.78, 5) is 60.4. The lowest BCUT2D eigenvalue weighted by molar-refractivity contribution is -0.142. The monoisotopic (exact) mass is 586 g/mol. The van der Waals surface area contributed by atoms with Gasteiger partial charge in [0.2, 0.25) is 0 Å². The van der Waals surface area contributed by atoms with Gasteiger partial charge in [0.15, 0.2) is 28.6 Å². The van der Waals surface area contributed by atoms with Crippen LogP contribution in [-0.2, 0) is 19.1 Å². The molecule has 6 N–H and O–H groups in total. The predicted molar refractivity (Wildman–Crippen MR) is 150 cm³/mol. The Morgan fingerprint density at radius 2 is 1.43 bits per heavy atom. The molecule has 0 bridgehead atoms. The van der Waals surface area contributed by atoms with Gasteiger partial charge in [-0.05, 0) is 25.3 Å². The van der Waals surface area contributed by atoms with Crippen LogP contribution in [0.3, 0.4) is 0 Å². The van der Waals surface area contributed by atoms with Crippen LogP contribution >= 0.6 is 0 Å². The van der Waals surface area contributed by atoms with Crippen LogP contribution in [0.2, 0.25) is 0 Å². The van der Waals surface area contributed by atoms with Crippen LogP contribution in [0.5, 0.6) is 11.5 Å². The number of rotatable bonds is 13. The highest BCUT2D eigenvalue weighted by Gasteiger charge is 2.25. The average molecular weight is 587 g/mol. The van der Waals surface area contributed by atoms with E-state index in [-0.39, 0.29) is 66.2 Å². The number of hydrogen-bond acceptors (Lipinski definition) is 12. The molecular weight excluding hydrogens is 552 g/mol. The van der Waals surface area contributed by atoms with Crippen molar-refractivity contribution in [2.24, 2.45) is 11.5 Å². The molecule has 0 saturated carbocycles. The normalized spacial score (nSPS) is 12.3. The molecule has 1 aromatic heterocycles. The third kappa shape index (κ3) is 8.17. The lowest BCUT2D eigenvalue weighted by Crippen LogP contribution is -2.37. The van der Waals surface area contributed by atoms with Gasteiger partial charge in [-0.2, -0.15) is 0 Å². The summed E-state index contributed by atoms with van der Waals surface area (Å²) in [5, 5.41) is 6.11. The highest BCUT2D eigenvalue weighted by Crippen LogP contribution is 2.44. The van der Waals surface area contributed by atoms with Gasteiger partial charge in [0.25, 0.3) is 0 Å². The number of methoxy groups -OCH3 is 2. The number of fused-ring (bicyclic) bond motifs is 2. The van der Waals surface area contributed by atoms with Crippen molar-refractivity contribution in [2.45, 2.75) is 44.7 Å². The van der Waals surface area contributed by atoms with Crippen LogP contribution in [0.25, 0.3) is 21.7 Å². The van der Waals surface area contributed by atoms with Crippen LogP contribution in [0.15, 0.2) is 34.7 Å². The van der Waals surface area contributed by atoms with Gasteiger partial charge in [0.1, 0.15) is 6.04 Å². The van der Waals surface area contributed by atoms with Crippen molar-refractivity contribution in [3.63, 3.8) is 0 Å². The maximum absolute atomic E-state index is 12.7. The minimum absolute atomic E-state index is 0.0115. The zero-order chi connectivity index (χ0) is 30.8. The third-order valence-corrected chi connectivity index (χ3v) is 6.30. The van der Waals surface area contributed by atoms with Crippen LogP contribution in [0.4, 0.5) is 9.59 Å². The fourth-order valence-corrected chi connectivity index (χ4v) is 4.03. The summed E-state index contributed by atoms with van der Waals surface area (Å²) in [6.45, 7) is 1.49. The first-order chi connectivity index (χ1) is 20.0. The molecule has 2 amide bonds. The van der Waals surface area contributed by atoms with E-state index in [2.05, 4.69) is 20.1 Å². The van der Waals surface area contributed by atoms with Crippen LogP contribution in [0.1, 0.15) is 43.2 Å². The summed E-state index contributed by atoms with van der Waals surface area (Å²) in [5.74, 6) is -1.36. The van der Waals surface area contributed by atoms with Gasteiger partial charge in [0, 0.05) is 43.2 Å². The Balaban J connectivity index is 1.82. The molecule has 0 saturated heterocycles. The highest BCUT2D eigenvalue weighted by molar-refractivity contribution is 6.12. The Kier molecular flexibility index (Phi) is 11.2. The number of Topliss-reactive ketones (excluding diaryl/α,β-unsaturated/α-hetero) is 1. The second kappa shape index (κ2) is 14.8. The summed E-state index contributed by atoms with van der Waals surface area (Å²) >= 11 is 0. The molecule has 0 aliphatic carbocycles. The van der Waals surface area contributed by atoms with Gasteiger partial charge < -0.3 is 45.5 Å². The Morgan fingerprint density at radius 3 is 2.02 bits per heavy atom. The fraction of sp³-hybridized carbons (Fsp3) is 0.393. The summed E-state index contributed by atoms with van der Waals surface area (Å²) in [5.41, 5.74) is 11.7. The lowest BCUT2D eigenvalue weighted by Gasteiger charge is -2.15. The van der Waals surface area contributed by atoms with E-state index in [1.807, 2.05) is 0 Å². The minimum atomic E-state index is -0.923. The molecule has 14 heteroatoms. The van der Waals surface area contributed by atoms with Crippen molar-refractivity contribution in [1.29, 1.82) is 0 Å². The largest absolute Gasteiger partial charge is 0.469 e. The number of amides is 2. The van der Waals surface area contributed by atoms with Gasteiger partial charge >= 0.3 is 24.1 Å². The molecular formula is C28H34N4O10. The highest BCUT2D eigenvalue weighted by atomic mass is 16.6. The van der Waals surface area contributed by atoms with Gasteiger partial charge in [-0.3, -0.25) is 14.4 Å². The predicted octanol–water partition coefficient (Wildman–Crippen LogP) is 2.53. The molecule has 1 heterocycles. The first kappa shape index (κ1) is 31.8. The number of carbonyl (C=O) groups is 5. The first-order valence-electron chi connectivity index (χ1n) is 13.1. The molecule has 14 nitrogen and oxygen atoms in total. The number of nitrogens with one attached hydrogen (secondary N) is 2. The zero-order valence-corrected chi connectivity index (χ0v) is 23.5. The van der Waals surface area contributed by atoms with Crippen LogP contribution < -0.4 is 31.6 Å². The molecule has 2 aromatic carbocycles. The van der Waals surface area contributed by atoms with Crippen molar-refractivity contribution in [2.75, 3.05) is 27.3 Å². The molecule has 0 unspecified atom stereocenters. The van der Waals surface area contributed by atoms with E-state index in [9.17, 15) is 24.0 Å². The maximum atomic E-state index is 12.7. The quantitative estimate of drug-likeness (QED) is 0.168. The summed E-state index contributed by atoms with van der Waals surface area (Å²) in [6, 6.07) is 6.79.